The zero-order chi connectivity index (χ0) is 16.1. The van der Waals surface area contributed by atoms with Crippen LogP contribution in [-0.4, -0.2) is 77.8 Å². The summed E-state index contributed by atoms with van der Waals surface area (Å²) in [6.07, 6.45) is 3.42. The Morgan fingerprint density at radius 3 is 2.83 bits per heavy atom. The molecule has 0 N–H and O–H groups in total. The van der Waals surface area contributed by atoms with E-state index in [-0.39, 0.29) is 6.10 Å². The average molecular weight is 325 g/mol. The average Bonchev–Trinajstić information content (AvgIpc) is 3.17. The molecule has 8 nitrogen and oxygen atoms in total. The number of rotatable bonds is 7. The van der Waals surface area contributed by atoms with Gasteiger partial charge in [0, 0.05) is 46.6 Å². The SMILES string of the molecule is COC[C@@H]1C[C@H](OC)CN1Cc1nnnn1CC1CCOCC1. The molecule has 23 heavy (non-hydrogen) atoms. The lowest BCUT2D eigenvalue weighted by atomic mass is 10.0. The summed E-state index contributed by atoms with van der Waals surface area (Å²) in [5.74, 6) is 1.53. The number of ether oxygens (including phenoxy) is 3. The Morgan fingerprint density at radius 2 is 2.09 bits per heavy atom. The van der Waals surface area contributed by atoms with E-state index in [0.29, 0.717) is 18.6 Å². The summed E-state index contributed by atoms with van der Waals surface area (Å²) in [5.41, 5.74) is 0. The summed E-state index contributed by atoms with van der Waals surface area (Å²) >= 11 is 0. The molecular weight excluding hydrogens is 298 g/mol. The van der Waals surface area contributed by atoms with Crippen LogP contribution in [0.15, 0.2) is 0 Å². The highest BCUT2D eigenvalue weighted by Gasteiger charge is 2.33. The van der Waals surface area contributed by atoms with Gasteiger partial charge < -0.3 is 14.2 Å². The Morgan fingerprint density at radius 1 is 1.26 bits per heavy atom. The highest BCUT2D eigenvalue weighted by molar-refractivity contribution is 4.91. The Hall–Kier alpha value is -1.09. The maximum absolute atomic E-state index is 5.52. The number of aromatic nitrogens is 4. The minimum atomic E-state index is 0.259. The number of nitrogens with zero attached hydrogens (tertiary/aromatic N) is 5. The molecule has 0 aromatic carbocycles. The van der Waals surface area contributed by atoms with E-state index in [4.69, 9.17) is 14.2 Å². The molecule has 0 aliphatic carbocycles. The van der Waals surface area contributed by atoms with E-state index in [1.54, 1.807) is 14.2 Å². The highest BCUT2D eigenvalue weighted by Crippen LogP contribution is 2.23. The van der Waals surface area contributed by atoms with Crippen molar-refractivity contribution in [3.63, 3.8) is 0 Å². The van der Waals surface area contributed by atoms with Gasteiger partial charge >= 0.3 is 0 Å². The lowest BCUT2D eigenvalue weighted by Crippen LogP contribution is -2.34. The second-order valence-corrected chi connectivity index (χ2v) is 6.46. The molecule has 3 rings (SSSR count). The third-order valence-corrected chi connectivity index (χ3v) is 4.90. The van der Waals surface area contributed by atoms with E-state index < -0.39 is 0 Å². The van der Waals surface area contributed by atoms with Crippen LogP contribution in [0.3, 0.4) is 0 Å². The smallest absolute Gasteiger partial charge is 0.165 e. The van der Waals surface area contributed by atoms with E-state index >= 15 is 0 Å². The second kappa shape index (κ2) is 8.14. The molecule has 0 spiro atoms. The monoisotopic (exact) mass is 325 g/mol. The fourth-order valence-electron chi connectivity index (χ4n) is 3.50. The number of hydrogen-bond acceptors (Lipinski definition) is 7. The molecule has 2 aliphatic rings. The normalized spacial score (nSPS) is 26.9. The molecule has 2 fully saturated rings. The van der Waals surface area contributed by atoms with E-state index in [1.807, 2.05) is 4.68 Å². The standard InChI is InChI=1S/C15H27N5O3/c1-21-11-13-7-14(22-2)9-19(13)10-15-16-17-18-20(15)8-12-3-5-23-6-4-12/h12-14H,3-11H2,1-2H3/t13-,14-/m0/s1. The van der Waals surface area contributed by atoms with Gasteiger partial charge in [0.05, 0.1) is 19.3 Å². The van der Waals surface area contributed by atoms with E-state index in [2.05, 4.69) is 20.4 Å². The van der Waals surface area contributed by atoms with Crippen LogP contribution in [0.4, 0.5) is 0 Å². The van der Waals surface area contributed by atoms with Crippen LogP contribution in [-0.2, 0) is 27.3 Å². The molecule has 1 aromatic heterocycles. The maximum atomic E-state index is 5.52. The topological polar surface area (TPSA) is 74.5 Å². The predicted molar refractivity (Wildman–Crippen MR) is 82.8 cm³/mol. The zero-order valence-electron chi connectivity index (χ0n) is 14.1. The second-order valence-electron chi connectivity index (χ2n) is 6.46. The van der Waals surface area contributed by atoms with Gasteiger partial charge in [0.15, 0.2) is 5.82 Å². The summed E-state index contributed by atoms with van der Waals surface area (Å²) in [6, 6.07) is 0.359. The molecule has 0 bridgehead atoms. The van der Waals surface area contributed by atoms with E-state index in [1.165, 1.54) is 0 Å². The van der Waals surface area contributed by atoms with Crippen molar-refractivity contribution in [2.45, 2.75) is 44.5 Å². The maximum Gasteiger partial charge on any atom is 0.165 e. The van der Waals surface area contributed by atoms with Crippen LogP contribution in [0.2, 0.25) is 0 Å². The van der Waals surface area contributed by atoms with Crippen molar-refractivity contribution < 1.29 is 14.2 Å². The zero-order valence-corrected chi connectivity index (χ0v) is 14.1. The van der Waals surface area contributed by atoms with Crippen molar-refractivity contribution in [1.29, 1.82) is 0 Å². The fourth-order valence-corrected chi connectivity index (χ4v) is 3.50. The molecule has 1 aromatic rings. The molecule has 0 radical (unpaired) electrons. The summed E-state index contributed by atoms with van der Waals surface area (Å²) < 4.78 is 18.3. The van der Waals surface area contributed by atoms with Crippen molar-refractivity contribution in [3.05, 3.63) is 5.82 Å². The van der Waals surface area contributed by atoms with Crippen molar-refractivity contribution in [3.8, 4) is 0 Å². The quantitative estimate of drug-likeness (QED) is 0.715. The van der Waals surface area contributed by atoms with Crippen LogP contribution in [0, 0.1) is 5.92 Å². The minimum Gasteiger partial charge on any atom is -0.383 e. The summed E-state index contributed by atoms with van der Waals surface area (Å²) in [6.45, 7) is 4.92. The van der Waals surface area contributed by atoms with Gasteiger partial charge in [-0.05, 0) is 35.6 Å². The molecule has 0 amide bonds. The van der Waals surface area contributed by atoms with Crippen LogP contribution >= 0.6 is 0 Å². The Kier molecular flexibility index (Phi) is 5.93. The van der Waals surface area contributed by atoms with Gasteiger partial charge in [-0.1, -0.05) is 0 Å². The van der Waals surface area contributed by atoms with Gasteiger partial charge in [0.25, 0.3) is 0 Å². The molecule has 3 heterocycles. The predicted octanol–water partition coefficient (Wildman–Crippen LogP) is 0.335. The van der Waals surface area contributed by atoms with Gasteiger partial charge in [-0.2, -0.15) is 0 Å². The molecule has 130 valence electrons. The summed E-state index contributed by atoms with van der Waals surface area (Å²) in [5, 5.41) is 12.3. The summed E-state index contributed by atoms with van der Waals surface area (Å²) in [4.78, 5) is 2.36. The summed E-state index contributed by atoms with van der Waals surface area (Å²) in [7, 11) is 3.51. The molecule has 2 aliphatic heterocycles. The van der Waals surface area contributed by atoms with Gasteiger partial charge in [0.2, 0.25) is 0 Å². The fraction of sp³-hybridized carbons (Fsp3) is 0.933. The number of hydrogen-bond donors (Lipinski definition) is 0. The molecule has 2 saturated heterocycles. The first-order chi connectivity index (χ1) is 11.3. The highest BCUT2D eigenvalue weighted by atomic mass is 16.5. The molecule has 2 atom stereocenters. The van der Waals surface area contributed by atoms with Crippen molar-refractivity contribution in [2.24, 2.45) is 5.92 Å². The van der Waals surface area contributed by atoms with Crippen molar-refractivity contribution in [1.82, 2.24) is 25.1 Å². The Labute approximate surface area is 137 Å². The van der Waals surface area contributed by atoms with Crippen LogP contribution in [0.5, 0.6) is 0 Å². The van der Waals surface area contributed by atoms with Gasteiger partial charge in [-0.15, -0.1) is 5.10 Å². The first kappa shape index (κ1) is 16.8. The van der Waals surface area contributed by atoms with Gasteiger partial charge in [0.1, 0.15) is 0 Å². The van der Waals surface area contributed by atoms with Crippen molar-refractivity contribution >= 4 is 0 Å². The van der Waals surface area contributed by atoms with Crippen LogP contribution < -0.4 is 0 Å². The Bertz CT molecular complexity index is 477. The van der Waals surface area contributed by atoms with E-state index in [9.17, 15) is 0 Å². The first-order valence-corrected chi connectivity index (χ1v) is 8.38. The first-order valence-electron chi connectivity index (χ1n) is 8.38. The van der Waals surface area contributed by atoms with Crippen LogP contribution in [0.25, 0.3) is 0 Å². The van der Waals surface area contributed by atoms with Gasteiger partial charge in [-0.25, -0.2) is 4.68 Å². The molecule has 8 heteroatoms. The van der Waals surface area contributed by atoms with E-state index in [0.717, 1.165) is 57.9 Å². The molecule has 0 saturated carbocycles. The Balaban J connectivity index is 1.61. The van der Waals surface area contributed by atoms with Gasteiger partial charge in [-0.3, -0.25) is 4.90 Å². The largest absolute Gasteiger partial charge is 0.383 e. The lowest BCUT2D eigenvalue weighted by molar-refractivity contribution is 0.0589. The van der Waals surface area contributed by atoms with Crippen molar-refractivity contribution in [2.75, 3.05) is 40.6 Å². The number of likely N-dealkylation sites (tertiary alicyclic amines) is 1. The van der Waals surface area contributed by atoms with Crippen LogP contribution in [0.1, 0.15) is 25.1 Å². The minimum absolute atomic E-state index is 0.259. The number of methoxy groups -OCH3 is 2. The third kappa shape index (κ3) is 4.26. The lowest BCUT2D eigenvalue weighted by Gasteiger charge is -2.24. The molecular formula is C15H27N5O3. The molecule has 0 unspecified atom stereocenters. The third-order valence-electron chi connectivity index (χ3n) is 4.90. The number of tetrazole rings is 1.